The number of amides is 2. The zero-order valence-corrected chi connectivity index (χ0v) is 15.6. The molecule has 1 aliphatic rings. The van der Waals surface area contributed by atoms with Gasteiger partial charge in [-0.2, -0.15) is 5.10 Å². The van der Waals surface area contributed by atoms with E-state index in [0.717, 1.165) is 17.5 Å². The van der Waals surface area contributed by atoms with E-state index >= 15 is 0 Å². The van der Waals surface area contributed by atoms with E-state index < -0.39 is 6.09 Å². The number of aryl methyl sites for hydroxylation is 2. The van der Waals surface area contributed by atoms with Gasteiger partial charge in [-0.15, -0.1) is 0 Å². The highest BCUT2D eigenvalue weighted by molar-refractivity contribution is 6.09. The van der Waals surface area contributed by atoms with Gasteiger partial charge in [-0.05, 0) is 45.2 Å². The molecular weight excluding hydrogens is 348 g/mol. The average Bonchev–Trinajstić information content (AvgIpc) is 3.00. The maximum Gasteiger partial charge on any atom is 0.427 e. The molecule has 142 valence electrons. The van der Waals surface area contributed by atoms with Gasteiger partial charge in [-0.25, -0.2) is 15.2 Å². The Hall–Kier alpha value is -3.16. The maximum atomic E-state index is 12.6. The molecule has 0 saturated heterocycles. The fourth-order valence-electron chi connectivity index (χ4n) is 2.99. The van der Waals surface area contributed by atoms with Crippen LogP contribution in [0.1, 0.15) is 52.8 Å². The smallest absolute Gasteiger partial charge is 0.427 e. The lowest BCUT2D eigenvalue weighted by atomic mass is 9.93. The van der Waals surface area contributed by atoms with E-state index in [-0.39, 0.29) is 18.3 Å². The molecule has 0 spiro atoms. The minimum atomic E-state index is -0.610. The Morgan fingerprint density at radius 1 is 1.30 bits per heavy atom. The number of aromatic nitrogens is 1. The molecule has 27 heavy (non-hydrogen) atoms. The Labute approximate surface area is 157 Å². The van der Waals surface area contributed by atoms with Crippen LogP contribution in [-0.4, -0.2) is 29.3 Å². The second kappa shape index (κ2) is 8.03. The molecule has 2 heterocycles. The second-order valence-electron chi connectivity index (χ2n) is 6.27. The van der Waals surface area contributed by atoms with Gasteiger partial charge in [0.2, 0.25) is 0 Å². The molecule has 0 fully saturated rings. The number of pyridine rings is 1. The fraction of sp³-hybridized carbons (Fsp3) is 0.368. The highest BCUT2D eigenvalue weighted by Gasteiger charge is 2.28. The highest BCUT2D eigenvalue weighted by Crippen LogP contribution is 2.30. The molecule has 0 radical (unpaired) electrons. The topological polar surface area (TPSA) is 106 Å². The van der Waals surface area contributed by atoms with Crippen LogP contribution in [0.25, 0.3) is 0 Å². The van der Waals surface area contributed by atoms with Gasteiger partial charge in [0.25, 0.3) is 5.91 Å². The van der Waals surface area contributed by atoms with Gasteiger partial charge < -0.3 is 14.5 Å². The molecule has 0 unspecified atom stereocenters. The third kappa shape index (κ3) is 4.16. The van der Waals surface area contributed by atoms with Crippen LogP contribution >= 0.6 is 0 Å². The summed E-state index contributed by atoms with van der Waals surface area (Å²) in [6.45, 7) is 5.73. The van der Waals surface area contributed by atoms with Crippen molar-refractivity contribution in [2.24, 2.45) is 5.10 Å². The molecule has 2 N–H and O–H groups in total. The largest absolute Gasteiger partial charge is 0.455 e. The zero-order valence-electron chi connectivity index (χ0n) is 15.6. The number of ether oxygens (including phenoxy) is 1. The molecule has 2 aromatic heterocycles. The van der Waals surface area contributed by atoms with E-state index in [9.17, 15) is 9.59 Å². The van der Waals surface area contributed by atoms with Crippen LogP contribution in [0.4, 0.5) is 10.6 Å². The summed E-state index contributed by atoms with van der Waals surface area (Å²) in [4.78, 5) is 28.3. The van der Waals surface area contributed by atoms with Crippen LogP contribution in [-0.2, 0) is 11.2 Å². The monoisotopic (exact) mass is 370 g/mol. The Balaban J connectivity index is 1.83. The molecular formula is C19H22N4O4. The Bertz CT molecular complexity index is 884. The molecule has 8 nitrogen and oxygen atoms in total. The first-order chi connectivity index (χ1) is 13.0. The Morgan fingerprint density at radius 2 is 2.11 bits per heavy atom. The molecule has 2 aromatic rings. The number of nitrogens with zero attached hydrogens (tertiary/aromatic N) is 2. The summed E-state index contributed by atoms with van der Waals surface area (Å²) in [6, 6.07) is 3.61. The SMILES string of the molecule is CCOC(=O)N/N=C1\CCCc2oc(C(=O)Nc3ccc(C)cn3)c(C)c21. The standard InChI is InChI=1S/C19H22N4O4/c1-4-26-19(25)23-22-13-6-5-7-14-16(13)12(3)17(27-14)18(24)21-15-9-8-11(2)10-20-15/h8-10H,4-7H2,1-3H3,(H,23,25)(H,20,21,24)/b22-13+. The summed E-state index contributed by atoms with van der Waals surface area (Å²) in [5.74, 6) is 1.02. The van der Waals surface area contributed by atoms with Crippen molar-refractivity contribution in [1.82, 2.24) is 10.4 Å². The summed E-state index contributed by atoms with van der Waals surface area (Å²) in [6.07, 6.45) is 3.29. The predicted octanol–water partition coefficient (Wildman–Crippen LogP) is 3.33. The number of nitrogens with one attached hydrogen (secondary N) is 2. The van der Waals surface area contributed by atoms with E-state index in [1.54, 1.807) is 19.2 Å². The van der Waals surface area contributed by atoms with Gasteiger partial charge in [0.1, 0.15) is 11.6 Å². The van der Waals surface area contributed by atoms with E-state index in [1.165, 1.54) is 0 Å². The number of carbonyl (C=O) groups is 2. The van der Waals surface area contributed by atoms with Gasteiger partial charge >= 0.3 is 6.09 Å². The summed E-state index contributed by atoms with van der Waals surface area (Å²) in [5.41, 5.74) is 5.54. The van der Waals surface area contributed by atoms with E-state index in [0.29, 0.717) is 35.7 Å². The molecule has 1 aliphatic carbocycles. The van der Waals surface area contributed by atoms with E-state index in [2.05, 4.69) is 20.8 Å². The minimum absolute atomic E-state index is 0.230. The number of hydrazone groups is 1. The van der Waals surface area contributed by atoms with Gasteiger partial charge in [0, 0.05) is 23.7 Å². The third-order valence-electron chi connectivity index (χ3n) is 4.24. The van der Waals surface area contributed by atoms with Gasteiger partial charge in [0.15, 0.2) is 5.76 Å². The van der Waals surface area contributed by atoms with Crippen molar-refractivity contribution in [2.75, 3.05) is 11.9 Å². The van der Waals surface area contributed by atoms with Gasteiger partial charge in [-0.3, -0.25) is 4.79 Å². The van der Waals surface area contributed by atoms with Crippen LogP contribution in [0.2, 0.25) is 0 Å². The van der Waals surface area contributed by atoms with Crippen molar-refractivity contribution < 1.29 is 18.7 Å². The van der Waals surface area contributed by atoms with Crippen molar-refractivity contribution in [3.05, 3.63) is 46.5 Å². The van der Waals surface area contributed by atoms with Crippen LogP contribution in [0, 0.1) is 13.8 Å². The number of carbonyl (C=O) groups excluding carboxylic acids is 2. The van der Waals surface area contributed by atoms with Crippen molar-refractivity contribution in [3.63, 3.8) is 0 Å². The van der Waals surface area contributed by atoms with Crippen LogP contribution in [0.15, 0.2) is 27.8 Å². The minimum Gasteiger partial charge on any atom is -0.455 e. The van der Waals surface area contributed by atoms with Crippen LogP contribution < -0.4 is 10.7 Å². The van der Waals surface area contributed by atoms with E-state index in [1.807, 2.05) is 19.9 Å². The maximum absolute atomic E-state index is 12.6. The Kier molecular flexibility index (Phi) is 5.54. The van der Waals surface area contributed by atoms with Crippen molar-refractivity contribution in [1.29, 1.82) is 0 Å². The quantitative estimate of drug-likeness (QED) is 0.803. The number of fused-ring (bicyclic) bond motifs is 1. The summed E-state index contributed by atoms with van der Waals surface area (Å²) in [5, 5.41) is 6.90. The van der Waals surface area contributed by atoms with E-state index in [4.69, 9.17) is 9.15 Å². The summed E-state index contributed by atoms with van der Waals surface area (Å²) in [7, 11) is 0. The first kappa shape index (κ1) is 18.6. The van der Waals surface area contributed by atoms with Gasteiger partial charge in [-0.1, -0.05) is 6.07 Å². The molecule has 0 atom stereocenters. The molecule has 8 heteroatoms. The molecule has 0 aromatic carbocycles. The highest BCUT2D eigenvalue weighted by atomic mass is 16.5. The zero-order chi connectivity index (χ0) is 19.4. The first-order valence-corrected chi connectivity index (χ1v) is 8.85. The second-order valence-corrected chi connectivity index (χ2v) is 6.27. The lowest BCUT2D eigenvalue weighted by Crippen LogP contribution is -2.22. The summed E-state index contributed by atoms with van der Waals surface area (Å²) >= 11 is 0. The van der Waals surface area contributed by atoms with Crippen LogP contribution in [0.5, 0.6) is 0 Å². The molecule has 0 bridgehead atoms. The number of rotatable bonds is 4. The predicted molar refractivity (Wildman–Crippen MR) is 100 cm³/mol. The van der Waals surface area contributed by atoms with Crippen molar-refractivity contribution >= 4 is 23.5 Å². The van der Waals surface area contributed by atoms with Crippen molar-refractivity contribution in [3.8, 4) is 0 Å². The van der Waals surface area contributed by atoms with Crippen molar-refractivity contribution in [2.45, 2.75) is 40.0 Å². The molecule has 3 rings (SSSR count). The lowest BCUT2D eigenvalue weighted by Gasteiger charge is -2.13. The molecule has 0 saturated carbocycles. The number of hydrogen-bond acceptors (Lipinski definition) is 6. The first-order valence-electron chi connectivity index (χ1n) is 8.85. The number of furan rings is 1. The number of anilines is 1. The molecule has 2 amide bonds. The fourth-order valence-corrected chi connectivity index (χ4v) is 2.99. The van der Waals surface area contributed by atoms with Gasteiger partial charge in [0.05, 0.1) is 12.3 Å². The number of hydrogen-bond donors (Lipinski definition) is 2. The van der Waals surface area contributed by atoms with Crippen LogP contribution in [0.3, 0.4) is 0 Å². The Morgan fingerprint density at radius 3 is 2.81 bits per heavy atom. The lowest BCUT2D eigenvalue weighted by molar-refractivity contribution is 0.0993. The molecule has 0 aliphatic heterocycles. The average molecular weight is 370 g/mol. The third-order valence-corrected chi connectivity index (χ3v) is 4.24. The summed E-state index contributed by atoms with van der Waals surface area (Å²) < 4.78 is 10.6. The normalized spacial score (nSPS) is 14.6.